The van der Waals surface area contributed by atoms with Gasteiger partial charge >= 0.3 is 0 Å². The summed E-state index contributed by atoms with van der Waals surface area (Å²) in [6, 6.07) is 10.2. The molecule has 1 aromatic carbocycles. The molecule has 1 aromatic rings. The maximum Gasteiger partial charge on any atom is 0.240 e. The monoisotopic (exact) mass is 246 g/mol. The summed E-state index contributed by atoms with van der Waals surface area (Å²) in [5.74, 6) is 0.793. The molecular formula is C15H22N2O. The Morgan fingerprint density at radius 1 is 1.33 bits per heavy atom. The van der Waals surface area contributed by atoms with Crippen LogP contribution in [0.4, 0.5) is 0 Å². The van der Waals surface area contributed by atoms with Gasteiger partial charge < -0.3 is 10.2 Å². The van der Waals surface area contributed by atoms with Crippen molar-refractivity contribution in [3.8, 4) is 0 Å². The SMILES string of the molecule is CC(C)C[C@H]1NCCN(Cc2ccccc2)C1=O. The summed E-state index contributed by atoms with van der Waals surface area (Å²) in [5, 5.41) is 3.32. The summed E-state index contributed by atoms with van der Waals surface area (Å²) in [5.41, 5.74) is 1.20. The Bertz CT molecular complexity index is 389. The molecule has 1 amide bonds. The second kappa shape index (κ2) is 6.01. The average Bonchev–Trinajstić information content (AvgIpc) is 2.35. The molecule has 0 aromatic heterocycles. The van der Waals surface area contributed by atoms with E-state index in [9.17, 15) is 4.79 Å². The van der Waals surface area contributed by atoms with E-state index in [4.69, 9.17) is 0 Å². The standard InChI is InChI=1S/C15H22N2O/c1-12(2)10-14-15(18)17(9-8-16-14)11-13-6-4-3-5-7-13/h3-7,12,14,16H,8-11H2,1-2H3/t14-/m1/s1. The summed E-state index contributed by atoms with van der Waals surface area (Å²) >= 11 is 0. The number of hydrogen-bond acceptors (Lipinski definition) is 2. The molecule has 1 aliphatic heterocycles. The van der Waals surface area contributed by atoms with E-state index in [0.29, 0.717) is 5.92 Å². The van der Waals surface area contributed by atoms with Crippen LogP contribution >= 0.6 is 0 Å². The van der Waals surface area contributed by atoms with Crippen molar-refractivity contribution in [3.05, 3.63) is 35.9 Å². The Balaban J connectivity index is 1.98. The van der Waals surface area contributed by atoms with E-state index in [-0.39, 0.29) is 11.9 Å². The Hall–Kier alpha value is -1.35. The van der Waals surface area contributed by atoms with Crippen molar-refractivity contribution in [1.82, 2.24) is 10.2 Å². The molecule has 1 atom stereocenters. The van der Waals surface area contributed by atoms with Crippen molar-refractivity contribution in [2.24, 2.45) is 5.92 Å². The first-order valence-corrected chi connectivity index (χ1v) is 6.73. The Kier molecular flexibility index (Phi) is 4.37. The molecule has 0 bridgehead atoms. The van der Waals surface area contributed by atoms with Gasteiger partial charge in [-0.2, -0.15) is 0 Å². The number of benzene rings is 1. The molecular weight excluding hydrogens is 224 g/mol. The zero-order valence-corrected chi connectivity index (χ0v) is 11.2. The highest BCUT2D eigenvalue weighted by molar-refractivity contribution is 5.82. The van der Waals surface area contributed by atoms with Crippen molar-refractivity contribution >= 4 is 5.91 Å². The van der Waals surface area contributed by atoms with Gasteiger partial charge in [-0.15, -0.1) is 0 Å². The number of rotatable bonds is 4. The Morgan fingerprint density at radius 2 is 2.06 bits per heavy atom. The van der Waals surface area contributed by atoms with Gasteiger partial charge in [0.2, 0.25) is 5.91 Å². The predicted molar refractivity (Wildman–Crippen MR) is 73.1 cm³/mol. The van der Waals surface area contributed by atoms with Gasteiger partial charge in [0.15, 0.2) is 0 Å². The molecule has 0 spiro atoms. The van der Waals surface area contributed by atoms with Gasteiger partial charge in [-0.3, -0.25) is 4.79 Å². The van der Waals surface area contributed by atoms with Crippen molar-refractivity contribution in [1.29, 1.82) is 0 Å². The first-order chi connectivity index (χ1) is 8.66. The van der Waals surface area contributed by atoms with E-state index in [2.05, 4.69) is 31.3 Å². The van der Waals surface area contributed by atoms with Crippen molar-refractivity contribution in [3.63, 3.8) is 0 Å². The minimum Gasteiger partial charge on any atom is -0.336 e. The molecule has 0 unspecified atom stereocenters. The number of hydrogen-bond donors (Lipinski definition) is 1. The van der Waals surface area contributed by atoms with Crippen LogP contribution in [0.15, 0.2) is 30.3 Å². The van der Waals surface area contributed by atoms with E-state index in [1.807, 2.05) is 23.1 Å². The topological polar surface area (TPSA) is 32.3 Å². The van der Waals surface area contributed by atoms with E-state index in [0.717, 1.165) is 26.1 Å². The normalized spacial score (nSPS) is 20.5. The number of carbonyl (C=O) groups is 1. The van der Waals surface area contributed by atoms with Crippen LogP contribution < -0.4 is 5.32 Å². The number of piperazine rings is 1. The molecule has 98 valence electrons. The molecule has 1 N–H and O–H groups in total. The number of amides is 1. The fourth-order valence-electron chi connectivity index (χ4n) is 2.41. The highest BCUT2D eigenvalue weighted by Gasteiger charge is 2.28. The third kappa shape index (κ3) is 3.33. The van der Waals surface area contributed by atoms with E-state index < -0.39 is 0 Å². The van der Waals surface area contributed by atoms with Gasteiger partial charge in [0.25, 0.3) is 0 Å². The average molecular weight is 246 g/mol. The number of nitrogens with zero attached hydrogens (tertiary/aromatic N) is 1. The summed E-state index contributed by atoms with van der Waals surface area (Å²) in [4.78, 5) is 14.3. The molecule has 2 rings (SSSR count). The molecule has 3 heteroatoms. The molecule has 0 aliphatic carbocycles. The minimum absolute atomic E-state index is 0.00228. The van der Waals surface area contributed by atoms with Gasteiger partial charge in [-0.25, -0.2) is 0 Å². The van der Waals surface area contributed by atoms with Crippen molar-refractivity contribution < 1.29 is 4.79 Å². The van der Waals surface area contributed by atoms with Crippen LogP contribution in [0.2, 0.25) is 0 Å². The van der Waals surface area contributed by atoms with E-state index in [1.165, 1.54) is 5.56 Å². The molecule has 0 radical (unpaired) electrons. The molecule has 3 nitrogen and oxygen atoms in total. The highest BCUT2D eigenvalue weighted by Crippen LogP contribution is 2.13. The maximum atomic E-state index is 12.3. The van der Waals surface area contributed by atoms with Gasteiger partial charge in [-0.05, 0) is 17.9 Å². The number of nitrogens with one attached hydrogen (secondary N) is 1. The Labute approximate surface area is 109 Å². The minimum atomic E-state index is 0.00228. The van der Waals surface area contributed by atoms with Gasteiger partial charge in [0.1, 0.15) is 0 Å². The molecule has 0 saturated carbocycles. The molecule has 18 heavy (non-hydrogen) atoms. The van der Waals surface area contributed by atoms with Crippen LogP contribution in [-0.4, -0.2) is 29.9 Å². The lowest BCUT2D eigenvalue weighted by atomic mass is 10.0. The fraction of sp³-hybridized carbons (Fsp3) is 0.533. The van der Waals surface area contributed by atoms with Crippen molar-refractivity contribution in [2.75, 3.05) is 13.1 Å². The van der Waals surface area contributed by atoms with Crippen LogP contribution in [0.1, 0.15) is 25.8 Å². The lowest BCUT2D eigenvalue weighted by Crippen LogP contribution is -2.54. The second-order valence-corrected chi connectivity index (χ2v) is 5.38. The van der Waals surface area contributed by atoms with E-state index >= 15 is 0 Å². The summed E-state index contributed by atoms with van der Waals surface area (Å²) in [6.45, 7) is 6.75. The molecule has 1 saturated heterocycles. The maximum absolute atomic E-state index is 12.3. The van der Waals surface area contributed by atoms with Gasteiger partial charge in [0, 0.05) is 19.6 Å². The van der Waals surface area contributed by atoms with Crippen LogP contribution in [-0.2, 0) is 11.3 Å². The second-order valence-electron chi connectivity index (χ2n) is 5.38. The largest absolute Gasteiger partial charge is 0.336 e. The predicted octanol–water partition coefficient (Wildman–Crippen LogP) is 2.03. The van der Waals surface area contributed by atoms with Crippen LogP contribution in [0.5, 0.6) is 0 Å². The Morgan fingerprint density at radius 3 is 2.72 bits per heavy atom. The lowest BCUT2D eigenvalue weighted by Gasteiger charge is -2.34. The summed E-state index contributed by atoms with van der Waals surface area (Å²) in [7, 11) is 0. The number of carbonyl (C=O) groups excluding carboxylic acids is 1. The quantitative estimate of drug-likeness (QED) is 0.881. The van der Waals surface area contributed by atoms with Crippen LogP contribution in [0, 0.1) is 5.92 Å². The molecule has 1 aliphatic rings. The smallest absolute Gasteiger partial charge is 0.240 e. The van der Waals surface area contributed by atoms with Gasteiger partial charge in [-0.1, -0.05) is 44.2 Å². The molecule has 1 fully saturated rings. The summed E-state index contributed by atoms with van der Waals surface area (Å²) in [6.07, 6.45) is 0.921. The first-order valence-electron chi connectivity index (χ1n) is 6.73. The van der Waals surface area contributed by atoms with Gasteiger partial charge in [0.05, 0.1) is 6.04 Å². The third-order valence-electron chi connectivity index (χ3n) is 3.31. The highest BCUT2D eigenvalue weighted by atomic mass is 16.2. The molecule has 1 heterocycles. The summed E-state index contributed by atoms with van der Waals surface area (Å²) < 4.78 is 0. The zero-order valence-electron chi connectivity index (χ0n) is 11.2. The van der Waals surface area contributed by atoms with Crippen LogP contribution in [0.3, 0.4) is 0 Å². The fourth-order valence-corrected chi connectivity index (χ4v) is 2.41. The van der Waals surface area contributed by atoms with Crippen molar-refractivity contribution in [2.45, 2.75) is 32.9 Å². The lowest BCUT2D eigenvalue weighted by molar-refractivity contribution is -0.136. The van der Waals surface area contributed by atoms with E-state index in [1.54, 1.807) is 0 Å². The zero-order chi connectivity index (χ0) is 13.0. The third-order valence-corrected chi connectivity index (χ3v) is 3.31. The van der Waals surface area contributed by atoms with Crippen LogP contribution in [0.25, 0.3) is 0 Å². The first kappa shape index (κ1) is 13.1.